The van der Waals surface area contributed by atoms with E-state index in [1.54, 1.807) is 25.1 Å². The van der Waals surface area contributed by atoms with E-state index in [4.69, 9.17) is 0 Å². The summed E-state index contributed by atoms with van der Waals surface area (Å²) in [6, 6.07) is 5.77. The Hall–Kier alpha value is -1.88. The zero-order chi connectivity index (χ0) is 17.0. The Morgan fingerprint density at radius 1 is 1.30 bits per heavy atom. The summed E-state index contributed by atoms with van der Waals surface area (Å²) in [6.45, 7) is 2.93. The lowest BCUT2D eigenvalue weighted by Gasteiger charge is -2.32. The molecule has 1 aromatic carbocycles. The van der Waals surface area contributed by atoms with Crippen LogP contribution in [-0.4, -0.2) is 55.3 Å². The number of nitrogens with zero attached hydrogens (tertiary/aromatic N) is 2. The molecule has 5 nitrogen and oxygen atoms in total. The van der Waals surface area contributed by atoms with Gasteiger partial charge in [0.25, 0.3) is 5.91 Å². The molecule has 2 rings (SSSR count). The Labute approximate surface area is 138 Å². The summed E-state index contributed by atoms with van der Waals surface area (Å²) in [6.07, 6.45) is 3.97. The van der Waals surface area contributed by atoms with Crippen LogP contribution in [0.1, 0.15) is 41.6 Å². The van der Waals surface area contributed by atoms with Crippen molar-refractivity contribution in [1.29, 1.82) is 0 Å². The minimum Gasteiger partial charge on any atom is -0.345 e. The molecule has 23 heavy (non-hydrogen) atoms. The number of carbonyl (C=O) groups excluding carboxylic acids is 2. The molecule has 2 amide bonds. The van der Waals surface area contributed by atoms with Gasteiger partial charge in [0.2, 0.25) is 5.91 Å². The lowest BCUT2D eigenvalue weighted by molar-refractivity contribution is -0.117. The second-order valence-electron chi connectivity index (χ2n) is 6.56. The Morgan fingerprint density at radius 3 is 2.70 bits per heavy atom. The van der Waals surface area contributed by atoms with Crippen LogP contribution in [0.3, 0.4) is 0 Å². The maximum atomic E-state index is 12.4. The summed E-state index contributed by atoms with van der Waals surface area (Å²) < 4.78 is 0. The number of rotatable bonds is 4. The fourth-order valence-corrected chi connectivity index (χ4v) is 3.06. The van der Waals surface area contributed by atoms with Crippen molar-refractivity contribution in [2.75, 3.05) is 33.0 Å². The Bertz CT molecular complexity index is 584. The van der Waals surface area contributed by atoms with Crippen LogP contribution in [0.2, 0.25) is 0 Å². The molecule has 126 valence electrons. The number of benzene rings is 1. The van der Waals surface area contributed by atoms with E-state index in [-0.39, 0.29) is 11.8 Å². The van der Waals surface area contributed by atoms with E-state index in [9.17, 15) is 9.59 Å². The molecule has 1 heterocycles. The van der Waals surface area contributed by atoms with Crippen molar-refractivity contribution in [3.05, 3.63) is 29.3 Å². The molecule has 1 aromatic rings. The molecule has 1 unspecified atom stereocenters. The van der Waals surface area contributed by atoms with Crippen LogP contribution < -0.4 is 5.32 Å². The second kappa shape index (κ2) is 7.59. The summed E-state index contributed by atoms with van der Waals surface area (Å²) in [7, 11) is 5.54. The zero-order valence-corrected chi connectivity index (χ0v) is 14.6. The first kappa shape index (κ1) is 17.5. The van der Waals surface area contributed by atoms with E-state index in [1.165, 1.54) is 12.8 Å². The van der Waals surface area contributed by atoms with Crippen molar-refractivity contribution >= 4 is 17.5 Å². The van der Waals surface area contributed by atoms with Gasteiger partial charge >= 0.3 is 0 Å². The van der Waals surface area contributed by atoms with E-state index in [1.807, 2.05) is 19.1 Å². The molecule has 1 aliphatic rings. The average Bonchev–Trinajstić information content (AvgIpc) is 2.51. The fraction of sp³-hybridized carbons (Fsp3) is 0.556. The lowest BCUT2D eigenvalue weighted by atomic mass is 9.99. The van der Waals surface area contributed by atoms with Gasteiger partial charge in [-0.1, -0.05) is 12.5 Å². The third kappa shape index (κ3) is 4.32. The number of likely N-dealkylation sites (tertiary alicyclic amines) is 1. The van der Waals surface area contributed by atoms with Crippen molar-refractivity contribution in [3.63, 3.8) is 0 Å². The number of carbonyl (C=O) groups is 2. The molecule has 0 bridgehead atoms. The summed E-state index contributed by atoms with van der Waals surface area (Å²) in [4.78, 5) is 28.3. The Morgan fingerprint density at radius 2 is 2.04 bits per heavy atom. The van der Waals surface area contributed by atoms with Crippen molar-refractivity contribution in [2.24, 2.45) is 0 Å². The summed E-state index contributed by atoms with van der Waals surface area (Å²) in [5.41, 5.74) is 2.17. The van der Waals surface area contributed by atoms with Crippen LogP contribution in [0, 0.1) is 6.92 Å². The minimum atomic E-state index is -0.0504. The van der Waals surface area contributed by atoms with Crippen molar-refractivity contribution in [2.45, 2.75) is 38.6 Å². The van der Waals surface area contributed by atoms with Gasteiger partial charge in [-0.25, -0.2) is 0 Å². The van der Waals surface area contributed by atoms with E-state index >= 15 is 0 Å². The van der Waals surface area contributed by atoms with Crippen LogP contribution in [-0.2, 0) is 4.79 Å². The van der Waals surface area contributed by atoms with E-state index in [0.717, 1.165) is 24.2 Å². The molecule has 5 heteroatoms. The molecular formula is C18H27N3O2. The maximum Gasteiger partial charge on any atom is 0.253 e. The van der Waals surface area contributed by atoms with Gasteiger partial charge in [0, 0.05) is 37.8 Å². The summed E-state index contributed by atoms with van der Waals surface area (Å²) in [5.74, 6) is -0.0353. The predicted octanol–water partition coefficient (Wildman–Crippen LogP) is 2.51. The quantitative estimate of drug-likeness (QED) is 0.928. The molecule has 0 saturated carbocycles. The second-order valence-corrected chi connectivity index (χ2v) is 6.56. The monoisotopic (exact) mass is 317 g/mol. The topological polar surface area (TPSA) is 52.7 Å². The van der Waals surface area contributed by atoms with Gasteiger partial charge in [-0.3, -0.25) is 9.59 Å². The largest absolute Gasteiger partial charge is 0.345 e. The molecule has 0 aliphatic carbocycles. The van der Waals surface area contributed by atoms with Gasteiger partial charge < -0.3 is 15.1 Å². The third-order valence-electron chi connectivity index (χ3n) is 4.59. The number of hydrogen-bond donors (Lipinski definition) is 1. The van der Waals surface area contributed by atoms with Crippen molar-refractivity contribution in [1.82, 2.24) is 9.80 Å². The normalized spacial score (nSPS) is 18.5. The molecule has 1 fully saturated rings. The Balaban J connectivity index is 2.06. The Kier molecular flexibility index (Phi) is 5.77. The average molecular weight is 317 g/mol. The molecule has 1 aliphatic heterocycles. The van der Waals surface area contributed by atoms with Crippen molar-refractivity contribution in [3.8, 4) is 0 Å². The number of anilines is 1. The SMILES string of the molecule is Cc1c(NC(=O)CC2CCCCN2C)cccc1C(=O)N(C)C. The maximum absolute atomic E-state index is 12.4. The highest BCUT2D eigenvalue weighted by Gasteiger charge is 2.22. The molecule has 1 atom stereocenters. The number of amides is 2. The third-order valence-corrected chi connectivity index (χ3v) is 4.59. The van der Waals surface area contributed by atoms with Crippen LogP contribution in [0.4, 0.5) is 5.69 Å². The first-order chi connectivity index (χ1) is 10.9. The van der Waals surface area contributed by atoms with Crippen LogP contribution in [0.25, 0.3) is 0 Å². The van der Waals surface area contributed by atoms with Gasteiger partial charge in [0.05, 0.1) is 0 Å². The van der Waals surface area contributed by atoms with E-state index in [2.05, 4.69) is 17.3 Å². The number of nitrogens with one attached hydrogen (secondary N) is 1. The van der Waals surface area contributed by atoms with Crippen LogP contribution in [0.5, 0.6) is 0 Å². The molecule has 0 spiro atoms. The van der Waals surface area contributed by atoms with Gasteiger partial charge in [-0.05, 0) is 51.1 Å². The molecule has 1 N–H and O–H groups in total. The van der Waals surface area contributed by atoms with Crippen LogP contribution in [0.15, 0.2) is 18.2 Å². The van der Waals surface area contributed by atoms with E-state index in [0.29, 0.717) is 18.0 Å². The first-order valence-corrected chi connectivity index (χ1v) is 8.21. The van der Waals surface area contributed by atoms with Crippen LogP contribution >= 0.6 is 0 Å². The molecular weight excluding hydrogens is 290 g/mol. The molecule has 0 aromatic heterocycles. The number of piperidine rings is 1. The molecule has 0 radical (unpaired) electrons. The number of hydrogen-bond acceptors (Lipinski definition) is 3. The van der Waals surface area contributed by atoms with Gasteiger partial charge in [0.15, 0.2) is 0 Å². The standard InChI is InChI=1S/C18H27N3O2/c1-13-15(18(23)20(2)3)9-7-10-16(13)19-17(22)12-14-8-5-6-11-21(14)4/h7,9-10,14H,5-6,8,11-12H2,1-4H3,(H,19,22). The zero-order valence-electron chi connectivity index (χ0n) is 14.6. The minimum absolute atomic E-state index is 0.0151. The highest BCUT2D eigenvalue weighted by molar-refractivity contribution is 5.99. The first-order valence-electron chi connectivity index (χ1n) is 8.21. The summed E-state index contributed by atoms with van der Waals surface area (Å²) >= 11 is 0. The van der Waals surface area contributed by atoms with Gasteiger partial charge in [-0.15, -0.1) is 0 Å². The van der Waals surface area contributed by atoms with Crippen molar-refractivity contribution < 1.29 is 9.59 Å². The van der Waals surface area contributed by atoms with Gasteiger partial charge in [0.1, 0.15) is 0 Å². The highest BCUT2D eigenvalue weighted by Crippen LogP contribution is 2.22. The lowest BCUT2D eigenvalue weighted by Crippen LogP contribution is -2.38. The van der Waals surface area contributed by atoms with Gasteiger partial charge in [-0.2, -0.15) is 0 Å². The fourth-order valence-electron chi connectivity index (χ4n) is 3.06. The summed E-state index contributed by atoms with van der Waals surface area (Å²) in [5, 5.41) is 2.98. The predicted molar refractivity (Wildman–Crippen MR) is 92.7 cm³/mol. The van der Waals surface area contributed by atoms with E-state index < -0.39 is 0 Å². The smallest absolute Gasteiger partial charge is 0.253 e. The molecule has 1 saturated heterocycles. The highest BCUT2D eigenvalue weighted by atomic mass is 16.2.